The van der Waals surface area contributed by atoms with E-state index in [1.807, 2.05) is 36.4 Å². The number of benzene rings is 9. The second-order valence-electron chi connectivity index (χ2n) is 13.5. The fourth-order valence-corrected chi connectivity index (χ4v) is 7.23. The zero-order valence-electron chi connectivity index (χ0n) is 40.7. The van der Waals surface area contributed by atoms with Gasteiger partial charge in [0.05, 0.1) is 17.8 Å². The third-order valence-corrected chi connectivity index (χ3v) is 9.58. The molecule has 0 saturated heterocycles. The topological polar surface area (TPSA) is 0 Å². The molecular weight excluding hydrogens is 601 g/mol. The lowest BCUT2D eigenvalue weighted by atomic mass is 9.82. The lowest BCUT2D eigenvalue weighted by molar-refractivity contribution is 0.590. The largest absolute Gasteiger partial charge is 0.0629 e. The molecule has 0 heterocycles. The number of rotatable bonds is 4. The summed E-state index contributed by atoms with van der Waals surface area (Å²) in [6.45, 7) is 6.52. The molecule has 50 heavy (non-hydrogen) atoms. The quantitative estimate of drug-likeness (QED) is 0.166. The molecule has 0 atom stereocenters. The first-order valence-electron chi connectivity index (χ1n) is 23.0. The molecule has 9 aromatic rings. The van der Waals surface area contributed by atoms with Crippen molar-refractivity contribution < 1.29 is 17.8 Å². The summed E-state index contributed by atoms with van der Waals surface area (Å²) in [6.07, 6.45) is 0. The molecule has 0 amide bonds. The maximum absolute atomic E-state index is 9.45. The molecule has 0 aliphatic rings. The molecular formula is C50H38. The molecule has 9 rings (SSSR count). The van der Waals surface area contributed by atoms with E-state index in [-0.39, 0.29) is 38.1 Å². The lowest BCUT2D eigenvalue weighted by Gasteiger charge is -2.21. The SMILES string of the molecule is [2H]c1c([2H])c([2H])c(-c2c3c([2H])c([2H])c([2H])c([2H])c3c(-c3cccc4c(-c5ccc6ccccc6c5-c5ccc(C(C)(C)C)cc5)cccc34)c3c([2H])c([2H])c([2H])c([2H])c23)c([2H])c1[2H]. The Morgan fingerprint density at radius 1 is 0.360 bits per heavy atom. The molecule has 0 nitrogen and oxygen atoms in total. The van der Waals surface area contributed by atoms with Crippen molar-refractivity contribution >= 4 is 43.1 Å². The smallest absolute Gasteiger partial charge is 0.0622 e. The Morgan fingerprint density at radius 3 is 1.54 bits per heavy atom. The van der Waals surface area contributed by atoms with Crippen LogP contribution in [0.15, 0.2) is 176 Å². The standard InChI is InChI=1S/C50H38/c1-50(2,3)36-30-27-35(28-31-36)47-37-18-8-7-15-33(37)29-32-46(47)40-25-13-24-39-38(40)23-14-26-41(39)49-44-21-11-9-19-42(44)48(34-16-5-4-6-17-34)43-20-10-12-22-45(43)49/h4-32H,1-3H3/i4D,5D,6D,9D,10D,11D,12D,16D,17D,19D,20D,21D,22D. The molecule has 0 radical (unpaired) electrons. The van der Waals surface area contributed by atoms with Gasteiger partial charge in [0.15, 0.2) is 0 Å². The molecule has 0 unspecified atom stereocenters. The normalized spacial score (nSPS) is 15.5. The predicted molar refractivity (Wildman–Crippen MR) is 217 cm³/mol. The van der Waals surface area contributed by atoms with Crippen LogP contribution in [0.5, 0.6) is 0 Å². The van der Waals surface area contributed by atoms with Gasteiger partial charge in [-0.1, -0.05) is 196 Å². The molecule has 238 valence electrons. The van der Waals surface area contributed by atoms with Gasteiger partial charge in [-0.15, -0.1) is 0 Å². The van der Waals surface area contributed by atoms with Gasteiger partial charge < -0.3 is 0 Å². The summed E-state index contributed by atoms with van der Waals surface area (Å²) in [7, 11) is 0. The summed E-state index contributed by atoms with van der Waals surface area (Å²) in [5, 5.41) is 2.75. The van der Waals surface area contributed by atoms with Gasteiger partial charge in [-0.05, 0) is 98.6 Å². The highest BCUT2D eigenvalue weighted by molar-refractivity contribution is 6.24. The van der Waals surface area contributed by atoms with E-state index in [2.05, 4.69) is 69.3 Å². The summed E-state index contributed by atoms with van der Waals surface area (Å²) in [5.74, 6) is 0. The van der Waals surface area contributed by atoms with E-state index in [4.69, 9.17) is 12.3 Å². The van der Waals surface area contributed by atoms with Crippen molar-refractivity contribution in [2.45, 2.75) is 26.2 Å². The molecule has 0 heteroatoms. The van der Waals surface area contributed by atoms with Crippen molar-refractivity contribution in [2.75, 3.05) is 0 Å². The van der Waals surface area contributed by atoms with E-state index in [9.17, 15) is 5.48 Å². The zero-order valence-corrected chi connectivity index (χ0v) is 27.7. The van der Waals surface area contributed by atoms with E-state index < -0.39 is 84.1 Å². The molecule has 0 spiro atoms. The Labute approximate surface area is 312 Å². The van der Waals surface area contributed by atoms with Crippen LogP contribution in [0.4, 0.5) is 0 Å². The minimum atomic E-state index is -0.710. The second kappa shape index (κ2) is 11.9. The molecule has 9 aromatic carbocycles. The van der Waals surface area contributed by atoms with Crippen LogP contribution in [0.3, 0.4) is 0 Å². The van der Waals surface area contributed by atoms with Crippen LogP contribution in [-0.2, 0) is 5.41 Å². The summed E-state index contributed by atoms with van der Waals surface area (Å²) in [4.78, 5) is 0. The van der Waals surface area contributed by atoms with Crippen LogP contribution >= 0.6 is 0 Å². The molecule has 0 bridgehead atoms. The Morgan fingerprint density at radius 2 is 0.900 bits per heavy atom. The van der Waals surface area contributed by atoms with Crippen LogP contribution in [-0.4, -0.2) is 0 Å². The van der Waals surface area contributed by atoms with Crippen molar-refractivity contribution in [1.29, 1.82) is 0 Å². The third-order valence-electron chi connectivity index (χ3n) is 9.58. The first kappa shape index (κ1) is 19.3. The van der Waals surface area contributed by atoms with Crippen LogP contribution in [0, 0.1) is 0 Å². The van der Waals surface area contributed by atoms with Crippen molar-refractivity contribution in [1.82, 2.24) is 0 Å². The van der Waals surface area contributed by atoms with Crippen molar-refractivity contribution in [2.24, 2.45) is 0 Å². The second-order valence-corrected chi connectivity index (χ2v) is 13.5. The van der Waals surface area contributed by atoms with E-state index in [0.717, 1.165) is 38.4 Å². The molecule has 0 aromatic heterocycles. The zero-order chi connectivity index (χ0) is 45.1. The summed E-state index contributed by atoms with van der Waals surface area (Å²) in [5.41, 5.74) is 4.67. The first-order valence-corrected chi connectivity index (χ1v) is 16.5. The average Bonchev–Trinajstić information content (AvgIpc) is 3.28. The van der Waals surface area contributed by atoms with Gasteiger partial charge in [-0.25, -0.2) is 0 Å². The van der Waals surface area contributed by atoms with E-state index in [1.54, 1.807) is 12.1 Å². The van der Waals surface area contributed by atoms with Gasteiger partial charge in [0, 0.05) is 0 Å². The average molecular weight is 652 g/mol. The van der Waals surface area contributed by atoms with Gasteiger partial charge in [0.2, 0.25) is 0 Å². The number of hydrogen-bond donors (Lipinski definition) is 0. The van der Waals surface area contributed by atoms with E-state index >= 15 is 0 Å². The minimum Gasteiger partial charge on any atom is -0.0622 e. The van der Waals surface area contributed by atoms with Crippen LogP contribution in [0.2, 0.25) is 0 Å². The fraction of sp³-hybridized carbons (Fsp3) is 0.0800. The van der Waals surface area contributed by atoms with Gasteiger partial charge in [-0.2, -0.15) is 0 Å². The van der Waals surface area contributed by atoms with E-state index in [1.165, 1.54) is 5.56 Å². The van der Waals surface area contributed by atoms with Crippen molar-refractivity contribution in [3.05, 3.63) is 181 Å². The molecule has 0 aliphatic carbocycles. The van der Waals surface area contributed by atoms with Crippen molar-refractivity contribution in [3.63, 3.8) is 0 Å². The van der Waals surface area contributed by atoms with Crippen LogP contribution in [0.25, 0.3) is 87.6 Å². The monoisotopic (exact) mass is 651 g/mol. The van der Waals surface area contributed by atoms with Crippen LogP contribution in [0.1, 0.15) is 44.2 Å². The molecule has 0 fully saturated rings. The third kappa shape index (κ3) is 4.91. The Kier molecular flexibility index (Phi) is 4.57. The Hall–Kier alpha value is -5.98. The molecule has 0 N–H and O–H groups in total. The lowest BCUT2D eigenvalue weighted by Crippen LogP contribution is -2.10. The highest BCUT2D eigenvalue weighted by Crippen LogP contribution is 2.47. The maximum Gasteiger partial charge on any atom is 0.0629 e. The molecule has 0 aliphatic heterocycles. The fourth-order valence-electron chi connectivity index (χ4n) is 7.23. The highest BCUT2D eigenvalue weighted by atomic mass is 14.2. The predicted octanol–water partition coefficient (Wildman–Crippen LogP) is 14.3. The summed E-state index contributed by atoms with van der Waals surface area (Å²) in [6, 6.07) is 23.9. The molecule has 0 saturated carbocycles. The van der Waals surface area contributed by atoms with Gasteiger partial charge in [-0.3, -0.25) is 0 Å². The Balaban J connectivity index is 1.47. The van der Waals surface area contributed by atoms with Crippen molar-refractivity contribution in [3.8, 4) is 44.5 Å². The number of fused-ring (bicyclic) bond motifs is 4. The summed E-state index contributed by atoms with van der Waals surface area (Å²) < 4.78 is 116. The van der Waals surface area contributed by atoms with E-state index in [0.29, 0.717) is 10.9 Å². The van der Waals surface area contributed by atoms with Gasteiger partial charge in [0.25, 0.3) is 0 Å². The maximum atomic E-state index is 9.45. The van der Waals surface area contributed by atoms with Crippen LogP contribution < -0.4 is 0 Å². The highest BCUT2D eigenvalue weighted by Gasteiger charge is 2.20. The summed E-state index contributed by atoms with van der Waals surface area (Å²) >= 11 is 0. The minimum absolute atomic E-state index is 0.0569. The Bertz CT molecular complexity index is 3350. The number of hydrogen-bond acceptors (Lipinski definition) is 0. The van der Waals surface area contributed by atoms with Gasteiger partial charge in [0.1, 0.15) is 0 Å². The van der Waals surface area contributed by atoms with Gasteiger partial charge >= 0.3 is 0 Å². The first-order chi connectivity index (χ1) is 29.9.